The quantitative estimate of drug-likeness (QED) is 0.656. The van der Waals surface area contributed by atoms with Crippen LogP contribution in [0.1, 0.15) is 49.1 Å². The molecular weight excluding hydrogens is 272 g/mol. The Labute approximate surface area is 125 Å². The zero-order valence-electron chi connectivity index (χ0n) is 12.8. The van der Waals surface area contributed by atoms with Crippen LogP contribution in [-0.2, 0) is 9.47 Å². The van der Waals surface area contributed by atoms with Crippen LogP contribution in [0, 0.1) is 0 Å². The van der Waals surface area contributed by atoms with E-state index < -0.39 is 0 Å². The number of amides is 1. The molecule has 1 saturated carbocycles. The molecule has 1 aromatic heterocycles. The number of aromatic nitrogens is 3. The third kappa shape index (κ3) is 4.78. The van der Waals surface area contributed by atoms with Crippen molar-refractivity contribution in [3.8, 4) is 0 Å². The molecule has 1 aromatic rings. The van der Waals surface area contributed by atoms with Gasteiger partial charge in [-0.3, -0.25) is 9.89 Å². The third-order valence-corrected chi connectivity index (χ3v) is 3.36. The molecule has 1 heterocycles. The summed E-state index contributed by atoms with van der Waals surface area (Å²) in [4.78, 5) is 18.5. The summed E-state index contributed by atoms with van der Waals surface area (Å²) in [6.07, 6.45) is 2.25. The van der Waals surface area contributed by atoms with Crippen molar-refractivity contribution in [2.45, 2.75) is 32.6 Å². The molecule has 0 aliphatic heterocycles. The summed E-state index contributed by atoms with van der Waals surface area (Å²) in [6, 6.07) is 0. The number of nitrogens with one attached hydrogen (secondary N) is 1. The minimum Gasteiger partial charge on any atom is -0.380 e. The van der Waals surface area contributed by atoms with Gasteiger partial charge in [0.25, 0.3) is 5.91 Å². The number of hydrogen-bond donors (Lipinski definition) is 1. The van der Waals surface area contributed by atoms with E-state index in [4.69, 9.17) is 9.47 Å². The Balaban J connectivity index is 1.93. The van der Waals surface area contributed by atoms with Crippen LogP contribution >= 0.6 is 0 Å². The van der Waals surface area contributed by atoms with E-state index in [9.17, 15) is 4.79 Å². The average molecular weight is 296 g/mol. The minimum absolute atomic E-state index is 0.169. The van der Waals surface area contributed by atoms with Gasteiger partial charge in [0, 0.05) is 32.2 Å². The number of aromatic amines is 1. The Bertz CT molecular complexity index is 435. The van der Waals surface area contributed by atoms with Crippen molar-refractivity contribution >= 4 is 5.91 Å². The van der Waals surface area contributed by atoms with Gasteiger partial charge in [-0.1, -0.05) is 0 Å². The van der Waals surface area contributed by atoms with E-state index in [0.29, 0.717) is 45.4 Å². The monoisotopic (exact) mass is 296 g/mol. The zero-order valence-corrected chi connectivity index (χ0v) is 12.8. The predicted molar refractivity (Wildman–Crippen MR) is 77.2 cm³/mol. The van der Waals surface area contributed by atoms with Crippen LogP contribution in [0.5, 0.6) is 0 Å². The van der Waals surface area contributed by atoms with Crippen molar-refractivity contribution in [3.05, 3.63) is 11.6 Å². The van der Waals surface area contributed by atoms with Crippen molar-refractivity contribution in [3.63, 3.8) is 0 Å². The zero-order chi connectivity index (χ0) is 15.1. The van der Waals surface area contributed by atoms with Crippen LogP contribution in [0.4, 0.5) is 0 Å². The maximum atomic E-state index is 12.5. The normalized spacial score (nSPS) is 14.4. The Hall–Kier alpha value is -1.47. The Morgan fingerprint density at radius 3 is 2.38 bits per heavy atom. The highest BCUT2D eigenvalue weighted by molar-refractivity contribution is 5.90. The minimum atomic E-state index is -0.169. The van der Waals surface area contributed by atoms with E-state index in [0.717, 1.165) is 18.7 Å². The van der Waals surface area contributed by atoms with Crippen LogP contribution in [0.3, 0.4) is 0 Å². The number of carbonyl (C=O) groups is 1. The Kier molecular flexibility index (Phi) is 6.13. The molecule has 0 radical (unpaired) electrons. The number of nitrogens with zero attached hydrogens (tertiary/aromatic N) is 3. The maximum Gasteiger partial charge on any atom is 0.293 e. The van der Waals surface area contributed by atoms with Gasteiger partial charge < -0.3 is 14.4 Å². The first kappa shape index (κ1) is 15.9. The van der Waals surface area contributed by atoms with Gasteiger partial charge in [-0.15, -0.1) is 5.10 Å². The Morgan fingerprint density at radius 1 is 1.24 bits per heavy atom. The summed E-state index contributed by atoms with van der Waals surface area (Å²) in [5, 5.41) is 6.91. The number of ether oxygens (including phenoxy) is 2. The van der Waals surface area contributed by atoms with Crippen LogP contribution in [0.25, 0.3) is 0 Å². The van der Waals surface area contributed by atoms with Crippen molar-refractivity contribution in [1.29, 1.82) is 0 Å². The fraction of sp³-hybridized carbons (Fsp3) is 0.786. The lowest BCUT2D eigenvalue weighted by atomic mass is 10.4. The van der Waals surface area contributed by atoms with Crippen molar-refractivity contribution in [2.75, 3.05) is 39.5 Å². The summed E-state index contributed by atoms with van der Waals surface area (Å²) in [6.45, 7) is 7.20. The molecule has 118 valence electrons. The van der Waals surface area contributed by atoms with Crippen LogP contribution < -0.4 is 0 Å². The van der Waals surface area contributed by atoms with Gasteiger partial charge in [0.05, 0.1) is 13.2 Å². The molecular formula is C14H24N4O3. The first-order chi connectivity index (χ1) is 10.3. The number of rotatable bonds is 10. The highest BCUT2D eigenvalue weighted by atomic mass is 16.5. The van der Waals surface area contributed by atoms with E-state index in [1.165, 1.54) is 0 Å². The largest absolute Gasteiger partial charge is 0.380 e. The van der Waals surface area contributed by atoms with E-state index in [1.54, 1.807) is 4.90 Å². The highest BCUT2D eigenvalue weighted by Gasteiger charge is 2.29. The summed E-state index contributed by atoms with van der Waals surface area (Å²) in [5.41, 5.74) is 0. The van der Waals surface area contributed by atoms with Gasteiger partial charge in [-0.05, 0) is 26.7 Å². The molecule has 0 saturated heterocycles. The fourth-order valence-corrected chi connectivity index (χ4v) is 2.00. The smallest absolute Gasteiger partial charge is 0.293 e. The Morgan fingerprint density at radius 2 is 1.86 bits per heavy atom. The van der Waals surface area contributed by atoms with E-state index >= 15 is 0 Å². The second-order valence-corrected chi connectivity index (χ2v) is 5.00. The highest BCUT2D eigenvalue weighted by Crippen LogP contribution is 2.37. The van der Waals surface area contributed by atoms with Gasteiger partial charge >= 0.3 is 0 Å². The van der Waals surface area contributed by atoms with Crippen LogP contribution in [0.2, 0.25) is 0 Å². The van der Waals surface area contributed by atoms with Crippen molar-refractivity contribution in [2.24, 2.45) is 0 Å². The van der Waals surface area contributed by atoms with E-state index in [-0.39, 0.29) is 11.7 Å². The lowest BCUT2D eigenvalue weighted by Gasteiger charge is -2.21. The van der Waals surface area contributed by atoms with Crippen LogP contribution in [0.15, 0.2) is 0 Å². The molecule has 0 unspecified atom stereocenters. The molecule has 2 rings (SSSR count). The molecule has 1 N–H and O–H groups in total. The second kappa shape index (κ2) is 8.09. The van der Waals surface area contributed by atoms with Crippen molar-refractivity contribution < 1.29 is 14.3 Å². The average Bonchev–Trinajstić information content (AvgIpc) is 3.23. The molecule has 0 bridgehead atoms. The molecule has 1 fully saturated rings. The van der Waals surface area contributed by atoms with Gasteiger partial charge in [0.15, 0.2) is 0 Å². The lowest BCUT2D eigenvalue weighted by molar-refractivity contribution is 0.0540. The summed E-state index contributed by atoms with van der Waals surface area (Å²) in [5.74, 6) is 1.36. The predicted octanol–water partition coefficient (Wildman–Crippen LogP) is 1.20. The molecule has 1 amide bonds. The third-order valence-electron chi connectivity index (χ3n) is 3.36. The summed E-state index contributed by atoms with van der Waals surface area (Å²) >= 11 is 0. The molecule has 0 aromatic carbocycles. The molecule has 21 heavy (non-hydrogen) atoms. The van der Waals surface area contributed by atoms with E-state index in [1.807, 2.05) is 13.8 Å². The first-order valence-electron chi connectivity index (χ1n) is 7.63. The maximum absolute atomic E-state index is 12.5. The topological polar surface area (TPSA) is 80.3 Å². The molecule has 7 heteroatoms. The van der Waals surface area contributed by atoms with Gasteiger partial charge in [-0.25, -0.2) is 4.98 Å². The molecule has 0 spiro atoms. The standard InChI is InChI=1S/C14H24N4O3/c1-3-20-9-7-18(8-10-21-4-2)14(19)13-15-12(16-17-13)11-5-6-11/h11H,3-10H2,1-2H3,(H,15,16,17). The van der Waals surface area contributed by atoms with Gasteiger partial charge in [0.1, 0.15) is 5.82 Å². The van der Waals surface area contributed by atoms with Gasteiger partial charge in [-0.2, -0.15) is 0 Å². The fourth-order valence-electron chi connectivity index (χ4n) is 2.00. The number of carbonyl (C=O) groups excluding carboxylic acids is 1. The number of hydrogen-bond acceptors (Lipinski definition) is 5. The number of H-pyrrole nitrogens is 1. The van der Waals surface area contributed by atoms with E-state index in [2.05, 4.69) is 15.2 Å². The van der Waals surface area contributed by atoms with Crippen LogP contribution in [-0.4, -0.2) is 65.5 Å². The molecule has 1 aliphatic rings. The first-order valence-corrected chi connectivity index (χ1v) is 7.63. The molecule has 0 atom stereocenters. The molecule has 7 nitrogen and oxygen atoms in total. The summed E-state index contributed by atoms with van der Waals surface area (Å²) < 4.78 is 10.7. The lowest BCUT2D eigenvalue weighted by Crippen LogP contribution is -2.37. The molecule has 1 aliphatic carbocycles. The second-order valence-electron chi connectivity index (χ2n) is 5.00. The van der Waals surface area contributed by atoms with Crippen molar-refractivity contribution in [1.82, 2.24) is 20.1 Å². The van der Waals surface area contributed by atoms with Gasteiger partial charge in [0.2, 0.25) is 5.82 Å². The SMILES string of the molecule is CCOCCN(CCOCC)C(=O)c1n[nH]c(C2CC2)n1. The summed E-state index contributed by atoms with van der Waals surface area (Å²) in [7, 11) is 0.